The van der Waals surface area contributed by atoms with E-state index in [1.165, 1.54) is 11.3 Å². The minimum Gasteiger partial charge on any atom is -0.493 e. The van der Waals surface area contributed by atoms with Crippen LogP contribution < -0.4 is 19.0 Å². The highest BCUT2D eigenvalue weighted by Crippen LogP contribution is 2.33. The topological polar surface area (TPSA) is 62.0 Å². The van der Waals surface area contributed by atoms with E-state index in [9.17, 15) is 4.79 Å². The lowest BCUT2D eigenvalue weighted by Gasteiger charge is -2.09. The number of amides is 1. The lowest BCUT2D eigenvalue weighted by atomic mass is 10.2. The quantitative estimate of drug-likeness (QED) is 0.328. The summed E-state index contributed by atoms with van der Waals surface area (Å²) in [6.45, 7) is 0.722. The molecule has 0 saturated carbocycles. The van der Waals surface area contributed by atoms with E-state index < -0.39 is 0 Å². The van der Waals surface area contributed by atoms with Crippen molar-refractivity contribution in [1.29, 1.82) is 0 Å². The molecule has 4 rings (SSSR count). The van der Waals surface area contributed by atoms with E-state index in [4.69, 9.17) is 14.2 Å². The lowest BCUT2D eigenvalue weighted by Crippen LogP contribution is -2.18. The average Bonchev–Trinajstić information content (AvgIpc) is 3.18. The zero-order valence-corrected chi connectivity index (χ0v) is 20.2. The van der Waals surface area contributed by atoms with Gasteiger partial charge in [-0.2, -0.15) is 16.8 Å². The van der Waals surface area contributed by atoms with E-state index in [2.05, 4.69) is 15.8 Å². The number of benzene rings is 3. The molecule has 3 aromatic carbocycles. The number of hydrogen-bond donors (Lipinski definition) is 0. The zero-order chi connectivity index (χ0) is 23.2. The molecule has 0 unspecified atom stereocenters. The number of rotatable bonds is 8. The van der Waals surface area contributed by atoms with Crippen LogP contribution in [-0.4, -0.2) is 36.7 Å². The van der Waals surface area contributed by atoms with Crippen molar-refractivity contribution in [1.82, 2.24) is 4.57 Å². The zero-order valence-electron chi connectivity index (χ0n) is 18.6. The second-order valence-electron chi connectivity index (χ2n) is 7.06. The molecule has 0 aliphatic rings. The number of aromatic nitrogens is 1. The number of ether oxygens (including phenoxy) is 3. The van der Waals surface area contributed by atoms with Crippen molar-refractivity contribution in [2.75, 3.05) is 26.2 Å². The van der Waals surface area contributed by atoms with Crippen molar-refractivity contribution in [3.8, 4) is 23.0 Å². The first-order valence-electron chi connectivity index (χ1n) is 10.3. The number of nitrogens with zero attached hydrogens (tertiary/aromatic N) is 2. The number of carbonyl (C=O) groups is 1. The normalized spacial score (nSPS) is 11.5. The Balaban J connectivity index is 1.73. The maximum atomic E-state index is 13.1. The molecule has 4 aromatic rings. The number of hydrogen-bond acceptors (Lipinski definition) is 6. The van der Waals surface area contributed by atoms with E-state index in [1.807, 2.05) is 48.5 Å². The molecule has 33 heavy (non-hydrogen) atoms. The standard InChI is InChI=1S/C25H24N2O4S2/c1-29-21-15-20-23(16-22(21)30-2)33-25(27(20)12-13-32-3)26-24(28)17-8-7-11-19(14-17)31-18-9-5-4-6-10-18/h4-11,14-16H,12-13H2,1-3H3. The predicted octanol–water partition coefficient (Wildman–Crippen LogP) is 5.62. The van der Waals surface area contributed by atoms with Crippen LogP contribution in [0.1, 0.15) is 10.4 Å². The minimum absolute atomic E-state index is 0.322. The van der Waals surface area contributed by atoms with Crippen LogP contribution in [0.25, 0.3) is 10.2 Å². The first-order valence-corrected chi connectivity index (χ1v) is 12.5. The molecule has 0 fully saturated rings. The maximum absolute atomic E-state index is 13.1. The fourth-order valence-electron chi connectivity index (χ4n) is 3.35. The second kappa shape index (κ2) is 10.6. The number of para-hydroxylation sites is 1. The second-order valence-corrected chi connectivity index (χ2v) is 9.06. The Morgan fingerprint density at radius 2 is 1.70 bits per heavy atom. The van der Waals surface area contributed by atoms with Crippen molar-refractivity contribution in [2.45, 2.75) is 6.54 Å². The molecule has 8 heteroatoms. The van der Waals surface area contributed by atoms with Gasteiger partial charge in [0.15, 0.2) is 16.3 Å². The van der Waals surface area contributed by atoms with Crippen molar-refractivity contribution < 1.29 is 19.0 Å². The Morgan fingerprint density at radius 3 is 2.42 bits per heavy atom. The molecule has 170 valence electrons. The maximum Gasteiger partial charge on any atom is 0.279 e. The van der Waals surface area contributed by atoms with Crippen molar-refractivity contribution in [3.05, 3.63) is 77.1 Å². The molecule has 0 saturated heterocycles. The largest absolute Gasteiger partial charge is 0.493 e. The predicted molar refractivity (Wildman–Crippen MR) is 134 cm³/mol. The van der Waals surface area contributed by atoms with Crippen LogP contribution in [0, 0.1) is 0 Å². The van der Waals surface area contributed by atoms with Gasteiger partial charge in [-0.25, -0.2) is 0 Å². The fraction of sp³-hybridized carbons (Fsp3) is 0.200. The Kier molecular flexibility index (Phi) is 7.36. The number of carbonyl (C=O) groups excluding carboxylic acids is 1. The van der Waals surface area contributed by atoms with Gasteiger partial charge in [0, 0.05) is 30.0 Å². The highest BCUT2D eigenvalue weighted by molar-refractivity contribution is 7.98. The van der Waals surface area contributed by atoms with Gasteiger partial charge in [-0.05, 0) is 36.6 Å². The Morgan fingerprint density at radius 1 is 0.970 bits per heavy atom. The minimum atomic E-state index is -0.322. The van der Waals surface area contributed by atoms with Gasteiger partial charge in [0.2, 0.25) is 0 Å². The summed E-state index contributed by atoms with van der Waals surface area (Å²) in [4.78, 5) is 18.2. The number of thiazole rings is 1. The molecule has 6 nitrogen and oxygen atoms in total. The molecule has 1 heterocycles. The molecule has 1 amide bonds. The van der Waals surface area contributed by atoms with Gasteiger partial charge in [-0.1, -0.05) is 35.6 Å². The molecule has 0 spiro atoms. The summed E-state index contributed by atoms with van der Waals surface area (Å²) in [5.74, 6) is 3.15. The van der Waals surface area contributed by atoms with E-state index in [-0.39, 0.29) is 5.91 Å². The van der Waals surface area contributed by atoms with Crippen LogP contribution in [0.15, 0.2) is 71.7 Å². The number of aryl methyl sites for hydroxylation is 1. The van der Waals surface area contributed by atoms with E-state index in [0.29, 0.717) is 33.4 Å². The van der Waals surface area contributed by atoms with Gasteiger partial charge < -0.3 is 18.8 Å². The molecule has 0 aliphatic heterocycles. The summed E-state index contributed by atoms with van der Waals surface area (Å²) >= 11 is 3.19. The molecule has 0 N–H and O–H groups in total. The summed E-state index contributed by atoms with van der Waals surface area (Å²) in [7, 11) is 3.22. The average molecular weight is 481 g/mol. The van der Waals surface area contributed by atoms with Crippen LogP contribution in [0.4, 0.5) is 0 Å². The molecular weight excluding hydrogens is 456 g/mol. The van der Waals surface area contributed by atoms with Crippen molar-refractivity contribution in [3.63, 3.8) is 0 Å². The Hall–Kier alpha value is -3.23. The highest BCUT2D eigenvalue weighted by atomic mass is 32.2. The summed E-state index contributed by atoms with van der Waals surface area (Å²) in [6, 6.07) is 20.4. The van der Waals surface area contributed by atoms with Crippen LogP contribution in [0.3, 0.4) is 0 Å². The van der Waals surface area contributed by atoms with E-state index in [1.54, 1.807) is 44.2 Å². The van der Waals surface area contributed by atoms with Gasteiger partial charge >= 0.3 is 0 Å². The lowest BCUT2D eigenvalue weighted by molar-refractivity contribution is 0.0997. The van der Waals surface area contributed by atoms with Crippen LogP contribution in [-0.2, 0) is 6.54 Å². The first-order chi connectivity index (χ1) is 16.1. The first kappa shape index (κ1) is 22.9. The highest BCUT2D eigenvalue weighted by Gasteiger charge is 2.14. The van der Waals surface area contributed by atoms with Gasteiger partial charge in [0.25, 0.3) is 5.91 Å². The van der Waals surface area contributed by atoms with Crippen LogP contribution >= 0.6 is 23.1 Å². The summed E-state index contributed by atoms with van der Waals surface area (Å²) in [6.07, 6.45) is 2.05. The number of fused-ring (bicyclic) bond motifs is 1. The number of thioether (sulfide) groups is 1. The van der Waals surface area contributed by atoms with Gasteiger partial charge in [-0.15, -0.1) is 0 Å². The summed E-state index contributed by atoms with van der Waals surface area (Å²) < 4.78 is 19.8. The van der Waals surface area contributed by atoms with Crippen LogP contribution in [0.2, 0.25) is 0 Å². The molecule has 1 aromatic heterocycles. The third kappa shape index (κ3) is 5.23. The molecule has 0 bridgehead atoms. The summed E-state index contributed by atoms with van der Waals surface area (Å²) in [5, 5.41) is 0. The third-order valence-corrected chi connectivity index (χ3v) is 6.60. The fourth-order valence-corrected chi connectivity index (χ4v) is 4.78. The summed E-state index contributed by atoms with van der Waals surface area (Å²) in [5.41, 5.74) is 1.42. The molecule has 0 atom stereocenters. The van der Waals surface area contributed by atoms with Crippen LogP contribution in [0.5, 0.6) is 23.0 Å². The van der Waals surface area contributed by atoms with Gasteiger partial charge in [-0.3, -0.25) is 4.79 Å². The van der Waals surface area contributed by atoms with E-state index >= 15 is 0 Å². The smallest absolute Gasteiger partial charge is 0.279 e. The molecule has 0 aliphatic carbocycles. The van der Waals surface area contributed by atoms with Gasteiger partial charge in [0.1, 0.15) is 11.5 Å². The Bertz CT molecular complexity index is 1330. The van der Waals surface area contributed by atoms with Gasteiger partial charge in [0.05, 0.1) is 24.4 Å². The van der Waals surface area contributed by atoms with Crippen molar-refractivity contribution >= 4 is 39.2 Å². The Labute approximate surface area is 200 Å². The SMILES string of the molecule is COc1cc2sc(=NC(=O)c3cccc(Oc4ccccc4)c3)n(CCSC)c2cc1OC. The molecule has 0 radical (unpaired) electrons. The van der Waals surface area contributed by atoms with Crippen molar-refractivity contribution in [2.24, 2.45) is 4.99 Å². The third-order valence-electron chi connectivity index (χ3n) is 4.96. The van der Waals surface area contributed by atoms with E-state index in [0.717, 1.165) is 22.5 Å². The number of methoxy groups -OCH3 is 2. The molecular formula is C25H24N2O4S2. The monoisotopic (exact) mass is 480 g/mol.